The van der Waals surface area contributed by atoms with Crippen molar-refractivity contribution in [2.45, 2.75) is 27.2 Å². The summed E-state index contributed by atoms with van der Waals surface area (Å²) >= 11 is 0. The van der Waals surface area contributed by atoms with Crippen molar-refractivity contribution in [2.24, 2.45) is 0 Å². The Morgan fingerprint density at radius 2 is 1.82 bits per heavy atom. The largest absolute Gasteiger partial charge is 0.376 e. The van der Waals surface area contributed by atoms with Crippen molar-refractivity contribution in [3.05, 3.63) is 23.8 Å². The van der Waals surface area contributed by atoms with Gasteiger partial charge in [-0.25, -0.2) is 4.79 Å². The maximum absolute atomic E-state index is 11.7. The number of rotatable bonds is 6. The topological polar surface area (TPSA) is 99.3 Å². The third-order valence-electron chi connectivity index (χ3n) is 2.87. The van der Waals surface area contributed by atoms with Gasteiger partial charge in [-0.2, -0.15) is 0 Å². The standard InChI is InChI=1S/C15H22N4O3/c1-4-8-16-15(22)19-14(21)9-17-12-6-5-7-13(10(12)2)18-11(3)20/h5-7,17H,4,8-9H2,1-3H3,(H,18,20)(H2,16,19,21,22). The molecule has 0 heterocycles. The van der Waals surface area contributed by atoms with Crippen molar-refractivity contribution >= 4 is 29.2 Å². The van der Waals surface area contributed by atoms with Crippen molar-refractivity contribution in [3.8, 4) is 0 Å². The first-order chi connectivity index (χ1) is 10.4. The Kier molecular flexibility index (Phi) is 6.88. The number of hydrogen-bond donors (Lipinski definition) is 4. The zero-order chi connectivity index (χ0) is 16.5. The number of imide groups is 1. The predicted molar refractivity (Wildman–Crippen MR) is 85.8 cm³/mol. The number of hydrogen-bond acceptors (Lipinski definition) is 4. The number of carbonyl (C=O) groups is 3. The number of nitrogens with one attached hydrogen (secondary N) is 4. The van der Waals surface area contributed by atoms with E-state index in [4.69, 9.17) is 0 Å². The van der Waals surface area contributed by atoms with Gasteiger partial charge in [0.05, 0.1) is 6.54 Å². The molecule has 0 spiro atoms. The van der Waals surface area contributed by atoms with E-state index in [1.165, 1.54) is 6.92 Å². The highest BCUT2D eigenvalue weighted by atomic mass is 16.2. The van der Waals surface area contributed by atoms with Crippen molar-refractivity contribution in [1.29, 1.82) is 0 Å². The zero-order valence-corrected chi connectivity index (χ0v) is 13.1. The summed E-state index contributed by atoms with van der Waals surface area (Å²) in [6, 6.07) is 4.84. The smallest absolute Gasteiger partial charge is 0.321 e. The van der Waals surface area contributed by atoms with Crippen LogP contribution in [0.1, 0.15) is 25.8 Å². The van der Waals surface area contributed by atoms with Crippen LogP contribution in [0.2, 0.25) is 0 Å². The third kappa shape index (κ3) is 5.82. The van der Waals surface area contributed by atoms with Gasteiger partial charge in [0.1, 0.15) is 0 Å². The fourth-order valence-corrected chi connectivity index (χ4v) is 1.78. The molecule has 0 aromatic heterocycles. The normalized spacial score (nSPS) is 9.77. The molecule has 7 nitrogen and oxygen atoms in total. The molecule has 0 fully saturated rings. The molecule has 0 saturated carbocycles. The molecule has 4 amide bonds. The zero-order valence-electron chi connectivity index (χ0n) is 13.1. The summed E-state index contributed by atoms with van der Waals surface area (Å²) in [7, 11) is 0. The minimum atomic E-state index is -0.502. The van der Waals surface area contributed by atoms with Crippen LogP contribution in [0.3, 0.4) is 0 Å². The average molecular weight is 306 g/mol. The lowest BCUT2D eigenvalue weighted by Crippen LogP contribution is -2.42. The van der Waals surface area contributed by atoms with Gasteiger partial charge in [-0.1, -0.05) is 13.0 Å². The van der Waals surface area contributed by atoms with Crippen molar-refractivity contribution in [1.82, 2.24) is 10.6 Å². The van der Waals surface area contributed by atoms with Crippen LogP contribution in [-0.2, 0) is 9.59 Å². The summed E-state index contributed by atoms with van der Waals surface area (Å²) < 4.78 is 0. The second-order valence-corrected chi connectivity index (χ2v) is 4.82. The van der Waals surface area contributed by atoms with Gasteiger partial charge in [0, 0.05) is 24.8 Å². The van der Waals surface area contributed by atoms with Gasteiger partial charge in [0.15, 0.2) is 0 Å². The minimum absolute atomic E-state index is 0.0378. The van der Waals surface area contributed by atoms with Gasteiger partial charge in [0.25, 0.3) is 0 Å². The minimum Gasteiger partial charge on any atom is -0.376 e. The molecule has 0 unspecified atom stereocenters. The van der Waals surface area contributed by atoms with E-state index in [0.29, 0.717) is 12.2 Å². The first kappa shape index (κ1) is 17.5. The fraction of sp³-hybridized carbons (Fsp3) is 0.400. The first-order valence-corrected chi connectivity index (χ1v) is 7.12. The molecule has 1 aromatic carbocycles. The molecular weight excluding hydrogens is 284 g/mol. The fourth-order valence-electron chi connectivity index (χ4n) is 1.78. The van der Waals surface area contributed by atoms with E-state index >= 15 is 0 Å². The number of benzene rings is 1. The van der Waals surface area contributed by atoms with Gasteiger partial charge in [-0.3, -0.25) is 14.9 Å². The molecule has 1 aromatic rings. The average Bonchev–Trinajstić information content (AvgIpc) is 2.45. The number of urea groups is 1. The molecule has 22 heavy (non-hydrogen) atoms. The van der Waals surface area contributed by atoms with Gasteiger partial charge < -0.3 is 16.0 Å². The lowest BCUT2D eigenvalue weighted by atomic mass is 10.1. The molecule has 0 atom stereocenters. The number of anilines is 2. The molecule has 4 N–H and O–H groups in total. The van der Waals surface area contributed by atoms with Gasteiger partial charge in [-0.05, 0) is 31.0 Å². The molecular formula is C15H22N4O3. The summed E-state index contributed by atoms with van der Waals surface area (Å²) in [5, 5.41) is 10.4. The van der Waals surface area contributed by atoms with E-state index in [1.54, 1.807) is 18.2 Å². The summed E-state index contributed by atoms with van der Waals surface area (Å²) in [5.74, 6) is -0.594. The maximum atomic E-state index is 11.7. The Hall–Kier alpha value is -2.57. The Balaban J connectivity index is 2.55. The van der Waals surface area contributed by atoms with Crippen LogP contribution in [0.4, 0.5) is 16.2 Å². The summed E-state index contributed by atoms with van der Waals surface area (Å²) in [6.07, 6.45) is 0.801. The van der Waals surface area contributed by atoms with Gasteiger partial charge >= 0.3 is 6.03 Å². The van der Waals surface area contributed by atoms with E-state index in [0.717, 1.165) is 17.7 Å². The highest BCUT2D eigenvalue weighted by Gasteiger charge is 2.09. The Labute approximate surface area is 129 Å². The van der Waals surface area contributed by atoms with Crippen LogP contribution in [0.5, 0.6) is 0 Å². The van der Waals surface area contributed by atoms with E-state index in [1.807, 2.05) is 13.8 Å². The molecule has 120 valence electrons. The van der Waals surface area contributed by atoms with Gasteiger partial charge in [-0.15, -0.1) is 0 Å². The molecule has 0 saturated heterocycles. The lowest BCUT2D eigenvalue weighted by molar-refractivity contribution is -0.118. The monoisotopic (exact) mass is 306 g/mol. The van der Waals surface area contributed by atoms with Crippen LogP contribution in [-0.4, -0.2) is 30.9 Å². The highest BCUT2D eigenvalue weighted by molar-refractivity contribution is 5.96. The Morgan fingerprint density at radius 1 is 1.14 bits per heavy atom. The number of carbonyl (C=O) groups excluding carboxylic acids is 3. The number of amides is 4. The van der Waals surface area contributed by atoms with Crippen LogP contribution in [0, 0.1) is 6.92 Å². The van der Waals surface area contributed by atoms with Gasteiger partial charge in [0.2, 0.25) is 11.8 Å². The van der Waals surface area contributed by atoms with Crippen LogP contribution < -0.4 is 21.3 Å². The van der Waals surface area contributed by atoms with E-state index in [9.17, 15) is 14.4 Å². The summed E-state index contributed by atoms with van der Waals surface area (Å²) in [4.78, 5) is 34.1. The molecule has 1 rings (SSSR count). The van der Waals surface area contributed by atoms with E-state index in [2.05, 4.69) is 21.3 Å². The maximum Gasteiger partial charge on any atom is 0.321 e. The molecule has 0 aliphatic carbocycles. The van der Waals surface area contributed by atoms with Crippen molar-refractivity contribution in [2.75, 3.05) is 23.7 Å². The molecule has 0 aliphatic heterocycles. The summed E-state index contributed by atoms with van der Waals surface area (Å²) in [6.45, 7) is 5.67. The van der Waals surface area contributed by atoms with E-state index in [-0.39, 0.29) is 12.5 Å². The lowest BCUT2D eigenvalue weighted by Gasteiger charge is -2.13. The first-order valence-electron chi connectivity index (χ1n) is 7.12. The molecule has 0 radical (unpaired) electrons. The highest BCUT2D eigenvalue weighted by Crippen LogP contribution is 2.22. The third-order valence-corrected chi connectivity index (χ3v) is 2.87. The van der Waals surface area contributed by atoms with Crippen LogP contribution >= 0.6 is 0 Å². The van der Waals surface area contributed by atoms with Crippen LogP contribution in [0.15, 0.2) is 18.2 Å². The SMILES string of the molecule is CCCNC(=O)NC(=O)CNc1cccc(NC(C)=O)c1C. The van der Waals surface area contributed by atoms with Crippen LogP contribution in [0.25, 0.3) is 0 Å². The van der Waals surface area contributed by atoms with E-state index < -0.39 is 11.9 Å². The van der Waals surface area contributed by atoms with Crippen molar-refractivity contribution < 1.29 is 14.4 Å². The second-order valence-electron chi connectivity index (χ2n) is 4.82. The predicted octanol–water partition coefficient (Wildman–Crippen LogP) is 1.60. The van der Waals surface area contributed by atoms with Crippen molar-refractivity contribution in [3.63, 3.8) is 0 Å². The molecule has 7 heteroatoms. The second kappa shape index (κ2) is 8.66. The molecule has 0 aliphatic rings. The summed E-state index contributed by atoms with van der Waals surface area (Å²) in [5.41, 5.74) is 2.22. The Bertz CT molecular complexity index is 558. The quantitative estimate of drug-likeness (QED) is 0.641. The molecule has 0 bridgehead atoms. The Morgan fingerprint density at radius 3 is 2.45 bits per heavy atom.